The van der Waals surface area contributed by atoms with Crippen LogP contribution in [0.2, 0.25) is 0 Å². The normalized spacial score (nSPS) is 22.6. The summed E-state index contributed by atoms with van der Waals surface area (Å²) in [6, 6.07) is 0. The number of amides is 1. The highest BCUT2D eigenvalue weighted by Crippen LogP contribution is 2.27. The molecule has 0 unspecified atom stereocenters. The molecule has 1 aliphatic rings. The van der Waals surface area contributed by atoms with E-state index in [-0.39, 0.29) is 11.5 Å². The first-order chi connectivity index (χ1) is 7.65. The standard InChI is InChI=1S/C12H22N2O3/c1-11(2,3)17-10(15)14-7-6-9(13-16)12(4,5)8-14/h16H,6-8H2,1-5H3/b13-9-. The summed E-state index contributed by atoms with van der Waals surface area (Å²) in [6.07, 6.45) is 0.283. The van der Waals surface area contributed by atoms with Crippen molar-refractivity contribution in [3.8, 4) is 0 Å². The SMILES string of the molecule is CC(C)(C)OC(=O)N1CC/C(=N/O)C(C)(C)C1. The van der Waals surface area contributed by atoms with Crippen LogP contribution in [0.1, 0.15) is 41.0 Å². The van der Waals surface area contributed by atoms with Gasteiger partial charge in [0.05, 0.1) is 5.71 Å². The lowest BCUT2D eigenvalue weighted by Gasteiger charge is -2.38. The van der Waals surface area contributed by atoms with E-state index < -0.39 is 5.60 Å². The summed E-state index contributed by atoms with van der Waals surface area (Å²) in [4.78, 5) is 13.6. The highest BCUT2D eigenvalue weighted by atomic mass is 16.6. The number of carbonyl (C=O) groups excluding carboxylic acids is 1. The first-order valence-electron chi connectivity index (χ1n) is 5.85. The van der Waals surface area contributed by atoms with Crippen molar-refractivity contribution in [3.63, 3.8) is 0 Å². The van der Waals surface area contributed by atoms with Crippen molar-refractivity contribution in [2.45, 2.75) is 46.6 Å². The number of carbonyl (C=O) groups is 1. The lowest BCUT2D eigenvalue weighted by molar-refractivity contribution is 0.0189. The van der Waals surface area contributed by atoms with Crippen molar-refractivity contribution in [2.75, 3.05) is 13.1 Å². The highest BCUT2D eigenvalue weighted by molar-refractivity contribution is 5.91. The van der Waals surface area contributed by atoms with E-state index in [1.54, 1.807) is 4.90 Å². The van der Waals surface area contributed by atoms with Gasteiger partial charge >= 0.3 is 6.09 Å². The Kier molecular flexibility index (Phi) is 3.69. The molecule has 1 amide bonds. The number of hydrogen-bond donors (Lipinski definition) is 1. The molecule has 1 saturated heterocycles. The fourth-order valence-electron chi connectivity index (χ4n) is 1.89. The monoisotopic (exact) mass is 242 g/mol. The predicted octanol–water partition coefficient (Wildman–Crippen LogP) is 2.48. The maximum atomic E-state index is 11.9. The molecular weight excluding hydrogens is 220 g/mol. The van der Waals surface area contributed by atoms with Crippen molar-refractivity contribution in [2.24, 2.45) is 10.6 Å². The van der Waals surface area contributed by atoms with Gasteiger partial charge in [-0.3, -0.25) is 0 Å². The molecule has 0 aromatic heterocycles. The lowest BCUT2D eigenvalue weighted by Crippen LogP contribution is -2.50. The Morgan fingerprint density at radius 1 is 1.47 bits per heavy atom. The molecule has 0 aliphatic carbocycles. The largest absolute Gasteiger partial charge is 0.444 e. The first-order valence-corrected chi connectivity index (χ1v) is 5.85. The van der Waals surface area contributed by atoms with Crippen LogP contribution in [0.4, 0.5) is 4.79 Å². The van der Waals surface area contributed by atoms with Gasteiger partial charge in [-0.05, 0) is 20.8 Å². The summed E-state index contributed by atoms with van der Waals surface area (Å²) < 4.78 is 5.32. The van der Waals surface area contributed by atoms with Crippen LogP contribution in [0.5, 0.6) is 0 Å². The Hall–Kier alpha value is -1.26. The molecule has 0 saturated carbocycles. The molecule has 1 rings (SSSR count). The molecule has 1 fully saturated rings. The molecule has 0 bridgehead atoms. The van der Waals surface area contributed by atoms with E-state index in [2.05, 4.69) is 5.16 Å². The van der Waals surface area contributed by atoms with Gasteiger partial charge in [0, 0.05) is 24.9 Å². The van der Waals surface area contributed by atoms with Gasteiger partial charge in [-0.15, -0.1) is 0 Å². The number of piperidine rings is 1. The topological polar surface area (TPSA) is 62.1 Å². The maximum Gasteiger partial charge on any atom is 0.410 e. The molecule has 98 valence electrons. The second-order valence-electron chi connectivity index (χ2n) is 6.08. The molecular formula is C12H22N2O3. The quantitative estimate of drug-likeness (QED) is 0.524. The fraction of sp³-hybridized carbons (Fsp3) is 0.833. The molecule has 5 nitrogen and oxygen atoms in total. The number of ether oxygens (including phenoxy) is 1. The summed E-state index contributed by atoms with van der Waals surface area (Å²) in [7, 11) is 0. The van der Waals surface area contributed by atoms with E-state index in [1.165, 1.54) is 0 Å². The molecule has 1 aliphatic heterocycles. The minimum absolute atomic E-state index is 0.302. The molecule has 17 heavy (non-hydrogen) atoms. The highest BCUT2D eigenvalue weighted by Gasteiger charge is 2.36. The molecule has 1 heterocycles. The van der Waals surface area contributed by atoms with Crippen molar-refractivity contribution in [3.05, 3.63) is 0 Å². The van der Waals surface area contributed by atoms with Crippen LogP contribution in [0.15, 0.2) is 5.16 Å². The zero-order chi connectivity index (χ0) is 13.3. The van der Waals surface area contributed by atoms with E-state index in [9.17, 15) is 4.79 Å². The van der Waals surface area contributed by atoms with Crippen LogP contribution in [0.3, 0.4) is 0 Å². The Bertz CT molecular complexity index is 329. The second kappa shape index (κ2) is 4.55. The maximum absolute atomic E-state index is 11.9. The predicted molar refractivity (Wildman–Crippen MR) is 65.4 cm³/mol. The molecule has 0 radical (unpaired) electrons. The van der Waals surface area contributed by atoms with Crippen molar-refractivity contribution < 1.29 is 14.7 Å². The summed E-state index contributed by atoms with van der Waals surface area (Å²) >= 11 is 0. The van der Waals surface area contributed by atoms with Crippen LogP contribution in [-0.2, 0) is 4.74 Å². The number of likely N-dealkylation sites (tertiary alicyclic amines) is 1. The van der Waals surface area contributed by atoms with Crippen LogP contribution in [0.25, 0.3) is 0 Å². The molecule has 0 spiro atoms. The third-order valence-corrected chi connectivity index (χ3v) is 2.76. The van der Waals surface area contributed by atoms with Gasteiger partial charge in [0.15, 0.2) is 0 Å². The van der Waals surface area contributed by atoms with E-state index in [0.29, 0.717) is 19.5 Å². The second-order valence-corrected chi connectivity index (χ2v) is 6.08. The van der Waals surface area contributed by atoms with E-state index in [0.717, 1.165) is 5.71 Å². The molecule has 1 N–H and O–H groups in total. The Morgan fingerprint density at radius 3 is 2.47 bits per heavy atom. The zero-order valence-corrected chi connectivity index (χ0v) is 11.3. The van der Waals surface area contributed by atoms with Crippen LogP contribution >= 0.6 is 0 Å². The number of hydrogen-bond acceptors (Lipinski definition) is 4. The van der Waals surface area contributed by atoms with Gasteiger partial charge in [-0.1, -0.05) is 19.0 Å². The number of rotatable bonds is 0. The Labute approximate surface area is 102 Å². The van der Waals surface area contributed by atoms with Crippen LogP contribution in [0, 0.1) is 5.41 Å². The van der Waals surface area contributed by atoms with Crippen molar-refractivity contribution in [1.29, 1.82) is 0 Å². The molecule has 0 aromatic rings. The van der Waals surface area contributed by atoms with Gasteiger partial charge in [-0.2, -0.15) is 0 Å². The Balaban J connectivity index is 2.68. The summed E-state index contributed by atoms with van der Waals surface area (Å²) in [5, 5.41) is 12.2. The van der Waals surface area contributed by atoms with E-state index in [4.69, 9.17) is 9.94 Å². The van der Waals surface area contributed by atoms with Gasteiger partial charge in [0.25, 0.3) is 0 Å². The van der Waals surface area contributed by atoms with Gasteiger partial charge < -0.3 is 14.8 Å². The third kappa shape index (κ3) is 3.61. The summed E-state index contributed by atoms with van der Waals surface area (Å²) in [5.74, 6) is 0. The number of nitrogens with zero attached hydrogens (tertiary/aromatic N) is 2. The van der Waals surface area contributed by atoms with E-state index in [1.807, 2.05) is 34.6 Å². The molecule has 5 heteroatoms. The average Bonchev–Trinajstić information content (AvgIpc) is 2.13. The third-order valence-electron chi connectivity index (χ3n) is 2.76. The van der Waals surface area contributed by atoms with Gasteiger partial charge in [0.2, 0.25) is 0 Å². The smallest absolute Gasteiger partial charge is 0.410 e. The number of oxime groups is 1. The van der Waals surface area contributed by atoms with Gasteiger partial charge in [-0.25, -0.2) is 4.79 Å². The van der Waals surface area contributed by atoms with Crippen molar-refractivity contribution in [1.82, 2.24) is 4.90 Å². The first kappa shape index (κ1) is 13.8. The fourth-order valence-corrected chi connectivity index (χ4v) is 1.89. The summed E-state index contributed by atoms with van der Waals surface area (Å²) in [5.41, 5.74) is -0.0477. The van der Waals surface area contributed by atoms with Crippen LogP contribution in [-0.4, -0.2) is 40.6 Å². The minimum Gasteiger partial charge on any atom is -0.444 e. The van der Waals surface area contributed by atoms with Gasteiger partial charge in [0.1, 0.15) is 5.60 Å². The Morgan fingerprint density at radius 2 is 2.06 bits per heavy atom. The average molecular weight is 242 g/mol. The zero-order valence-electron chi connectivity index (χ0n) is 11.3. The summed E-state index contributed by atoms with van der Waals surface area (Å²) in [6.45, 7) is 10.5. The van der Waals surface area contributed by atoms with Crippen molar-refractivity contribution >= 4 is 11.8 Å². The molecule has 0 aromatic carbocycles. The molecule has 0 atom stereocenters. The van der Waals surface area contributed by atoms with Crippen LogP contribution < -0.4 is 0 Å². The lowest BCUT2D eigenvalue weighted by atomic mass is 9.82. The minimum atomic E-state index is -0.480. The van der Waals surface area contributed by atoms with E-state index >= 15 is 0 Å².